The van der Waals surface area contributed by atoms with Gasteiger partial charge in [0.1, 0.15) is 0 Å². The van der Waals surface area contributed by atoms with Gasteiger partial charge in [0.25, 0.3) is 0 Å². The number of carbonyl (C=O) groups is 2. The number of carboxylic acids is 1. The lowest BCUT2D eigenvalue weighted by atomic mass is 10.1. The molecule has 0 saturated heterocycles. The summed E-state index contributed by atoms with van der Waals surface area (Å²) in [6.07, 6.45) is 1.93. The van der Waals surface area contributed by atoms with Gasteiger partial charge >= 0.3 is 11.7 Å². The van der Waals surface area contributed by atoms with Gasteiger partial charge in [-0.25, -0.2) is 4.79 Å². The minimum Gasteiger partial charge on any atom is -0.481 e. The fourth-order valence-corrected chi connectivity index (χ4v) is 2.38. The van der Waals surface area contributed by atoms with E-state index in [0.717, 1.165) is 12.8 Å². The van der Waals surface area contributed by atoms with Crippen LogP contribution in [0.25, 0.3) is 0 Å². The number of rotatable bonds is 6. The van der Waals surface area contributed by atoms with E-state index in [2.05, 4.69) is 9.97 Å². The van der Waals surface area contributed by atoms with E-state index in [9.17, 15) is 14.4 Å². The van der Waals surface area contributed by atoms with Crippen molar-refractivity contribution in [2.45, 2.75) is 45.6 Å². The van der Waals surface area contributed by atoms with E-state index >= 15 is 0 Å². The molecule has 114 valence electrons. The molecular weight excluding hydrogens is 274 g/mol. The predicted molar refractivity (Wildman–Crippen MR) is 75.0 cm³/mol. The van der Waals surface area contributed by atoms with Gasteiger partial charge in [-0.3, -0.25) is 9.59 Å². The number of amides is 1. The SMILES string of the molecule is Cc1nc(=O)[nH]c(C)c1CC(=O)N(CCC(=O)O)C1CC1. The van der Waals surface area contributed by atoms with Crippen LogP contribution in [-0.4, -0.2) is 44.4 Å². The fraction of sp³-hybridized carbons (Fsp3) is 0.571. The first-order valence-electron chi connectivity index (χ1n) is 6.96. The zero-order valence-electron chi connectivity index (χ0n) is 12.2. The highest BCUT2D eigenvalue weighted by Gasteiger charge is 2.32. The van der Waals surface area contributed by atoms with Crippen molar-refractivity contribution < 1.29 is 14.7 Å². The lowest BCUT2D eigenvalue weighted by Crippen LogP contribution is -2.36. The topological polar surface area (TPSA) is 103 Å². The Morgan fingerprint density at radius 1 is 1.38 bits per heavy atom. The number of H-pyrrole nitrogens is 1. The Kier molecular flexibility index (Phi) is 4.40. The molecule has 0 aromatic carbocycles. The normalized spacial score (nSPS) is 14.0. The molecule has 21 heavy (non-hydrogen) atoms. The summed E-state index contributed by atoms with van der Waals surface area (Å²) >= 11 is 0. The molecule has 1 saturated carbocycles. The van der Waals surface area contributed by atoms with Crippen LogP contribution in [0.5, 0.6) is 0 Å². The highest BCUT2D eigenvalue weighted by atomic mass is 16.4. The van der Waals surface area contributed by atoms with E-state index in [1.807, 2.05) is 0 Å². The maximum atomic E-state index is 12.4. The Labute approximate surface area is 122 Å². The summed E-state index contributed by atoms with van der Waals surface area (Å²) in [6, 6.07) is 0.160. The summed E-state index contributed by atoms with van der Waals surface area (Å²) < 4.78 is 0. The minimum atomic E-state index is -0.911. The third-order valence-corrected chi connectivity index (χ3v) is 3.66. The molecule has 1 aliphatic rings. The van der Waals surface area contributed by atoms with Gasteiger partial charge in [-0.2, -0.15) is 4.98 Å². The first kappa shape index (κ1) is 15.2. The minimum absolute atomic E-state index is 0.0515. The molecule has 7 heteroatoms. The van der Waals surface area contributed by atoms with Gasteiger partial charge in [0, 0.05) is 29.5 Å². The monoisotopic (exact) mass is 293 g/mol. The Morgan fingerprint density at radius 3 is 2.57 bits per heavy atom. The number of hydrogen-bond donors (Lipinski definition) is 2. The second-order valence-electron chi connectivity index (χ2n) is 5.37. The molecule has 0 unspecified atom stereocenters. The molecule has 0 radical (unpaired) electrons. The van der Waals surface area contributed by atoms with Crippen molar-refractivity contribution in [2.24, 2.45) is 0 Å². The molecule has 1 aliphatic carbocycles. The van der Waals surface area contributed by atoms with E-state index in [1.54, 1.807) is 18.7 Å². The van der Waals surface area contributed by atoms with Crippen LogP contribution in [0.3, 0.4) is 0 Å². The first-order chi connectivity index (χ1) is 9.88. The quantitative estimate of drug-likeness (QED) is 0.790. The van der Waals surface area contributed by atoms with Gasteiger partial charge in [0.05, 0.1) is 12.8 Å². The van der Waals surface area contributed by atoms with Crippen LogP contribution in [0, 0.1) is 13.8 Å². The lowest BCUT2D eigenvalue weighted by Gasteiger charge is -2.22. The summed E-state index contributed by atoms with van der Waals surface area (Å²) in [6.45, 7) is 3.66. The van der Waals surface area contributed by atoms with Crippen LogP contribution < -0.4 is 5.69 Å². The Hall–Kier alpha value is -2.18. The number of carboxylic acid groups (broad SMARTS) is 1. The standard InChI is InChI=1S/C14H19N3O4/c1-8-11(9(2)16-14(21)15-8)7-12(18)17(10-3-4-10)6-5-13(19)20/h10H,3-7H2,1-2H3,(H,19,20)(H,15,16,21). The van der Waals surface area contributed by atoms with Crippen molar-refractivity contribution >= 4 is 11.9 Å². The van der Waals surface area contributed by atoms with Crippen molar-refractivity contribution in [3.8, 4) is 0 Å². The molecule has 1 amide bonds. The number of carbonyl (C=O) groups excluding carboxylic acids is 1. The van der Waals surface area contributed by atoms with Crippen molar-refractivity contribution in [1.82, 2.24) is 14.9 Å². The van der Waals surface area contributed by atoms with Crippen LogP contribution in [0.15, 0.2) is 4.79 Å². The summed E-state index contributed by atoms with van der Waals surface area (Å²) in [5, 5.41) is 8.77. The molecule has 0 aliphatic heterocycles. The van der Waals surface area contributed by atoms with Crippen LogP contribution in [-0.2, 0) is 16.0 Å². The van der Waals surface area contributed by atoms with Crippen molar-refractivity contribution in [3.05, 3.63) is 27.4 Å². The number of nitrogens with one attached hydrogen (secondary N) is 1. The van der Waals surface area contributed by atoms with Crippen molar-refractivity contribution in [3.63, 3.8) is 0 Å². The van der Waals surface area contributed by atoms with E-state index in [1.165, 1.54) is 0 Å². The smallest absolute Gasteiger partial charge is 0.345 e. The van der Waals surface area contributed by atoms with Crippen LogP contribution in [0.1, 0.15) is 36.2 Å². The summed E-state index contributed by atoms with van der Waals surface area (Å²) in [5.74, 6) is -1.02. The zero-order chi connectivity index (χ0) is 15.6. The van der Waals surface area contributed by atoms with E-state index in [0.29, 0.717) is 17.0 Å². The number of hydrogen-bond acceptors (Lipinski definition) is 4. The molecule has 1 fully saturated rings. The highest BCUT2D eigenvalue weighted by molar-refractivity contribution is 5.80. The molecule has 0 spiro atoms. The second-order valence-corrected chi connectivity index (χ2v) is 5.37. The van der Waals surface area contributed by atoms with E-state index in [4.69, 9.17) is 5.11 Å². The third kappa shape index (κ3) is 3.90. The number of nitrogens with zero attached hydrogens (tertiary/aromatic N) is 2. The number of aromatic amines is 1. The average molecular weight is 293 g/mol. The molecule has 2 rings (SSSR count). The molecule has 2 N–H and O–H groups in total. The Morgan fingerprint density at radius 2 is 2.05 bits per heavy atom. The lowest BCUT2D eigenvalue weighted by molar-refractivity contribution is -0.138. The summed E-state index contributed by atoms with van der Waals surface area (Å²) in [4.78, 5) is 42.4. The number of aliphatic carboxylic acids is 1. The van der Waals surface area contributed by atoms with Crippen molar-refractivity contribution in [2.75, 3.05) is 6.54 Å². The maximum Gasteiger partial charge on any atom is 0.345 e. The van der Waals surface area contributed by atoms with Gasteiger partial charge in [-0.05, 0) is 26.7 Å². The van der Waals surface area contributed by atoms with Crippen LogP contribution >= 0.6 is 0 Å². The molecule has 1 aromatic rings. The molecular formula is C14H19N3O4. The summed E-state index contributed by atoms with van der Waals surface area (Å²) in [5.41, 5.74) is 1.46. The zero-order valence-corrected chi connectivity index (χ0v) is 12.2. The van der Waals surface area contributed by atoms with Gasteiger partial charge in [0.15, 0.2) is 0 Å². The van der Waals surface area contributed by atoms with Crippen LogP contribution in [0.4, 0.5) is 0 Å². The second kappa shape index (κ2) is 6.07. The largest absolute Gasteiger partial charge is 0.481 e. The summed E-state index contributed by atoms with van der Waals surface area (Å²) in [7, 11) is 0. The van der Waals surface area contributed by atoms with Crippen molar-refractivity contribution in [1.29, 1.82) is 0 Å². The Balaban J connectivity index is 2.12. The molecule has 0 atom stereocenters. The van der Waals surface area contributed by atoms with Crippen LogP contribution in [0.2, 0.25) is 0 Å². The predicted octanol–water partition coefficient (Wildman–Crippen LogP) is 0.395. The van der Waals surface area contributed by atoms with Gasteiger partial charge in [-0.1, -0.05) is 0 Å². The highest BCUT2D eigenvalue weighted by Crippen LogP contribution is 2.27. The Bertz CT molecular complexity index is 593. The van der Waals surface area contributed by atoms with Gasteiger partial charge in [0.2, 0.25) is 5.91 Å². The number of aromatic nitrogens is 2. The molecule has 0 bridgehead atoms. The van der Waals surface area contributed by atoms with Gasteiger partial charge < -0.3 is 15.0 Å². The van der Waals surface area contributed by atoms with Gasteiger partial charge in [-0.15, -0.1) is 0 Å². The maximum absolute atomic E-state index is 12.4. The molecule has 7 nitrogen and oxygen atoms in total. The molecule has 1 heterocycles. The van der Waals surface area contributed by atoms with E-state index < -0.39 is 11.7 Å². The molecule has 1 aromatic heterocycles. The third-order valence-electron chi connectivity index (χ3n) is 3.66. The van der Waals surface area contributed by atoms with E-state index in [-0.39, 0.29) is 31.3 Å². The first-order valence-corrected chi connectivity index (χ1v) is 6.96. The average Bonchev–Trinajstić information content (AvgIpc) is 3.18. The number of aryl methyl sites for hydroxylation is 2. The fourth-order valence-electron chi connectivity index (χ4n) is 2.38.